The molecule has 11 heteroatoms. The van der Waals surface area contributed by atoms with Crippen molar-refractivity contribution < 1.29 is 18.7 Å². The van der Waals surface area contributed by atoms with Crippen LogP contribution in [0.15, 0.2) is 66.9 Å². The normalized spacial score (nSPS) is 19.5. The highest BCUT2D eigenvalue weighted by molar-refractivity contribution is 5.96. The molecule has 2 fully saturated rings. The summed E-state index contributed by atoms with van der Waals surface area (Å²) >= 11 is 0. The van der Waals surface area contributed by atoms with Crippen LogP contribution in [0.5, 0.6) is 11.6 Å². The molecule has 2 aromatic carbocycles. The van der Waals surface area contributed by atoms with Crippen LogP contribution in [0.2, 0.25) is 0 Å². The summed E-state index contributed by atoms with van der Waals surface area (Å²) in [7, 11) is 0. The number of carbonyl (C=O) groups is 2. The van der Waals surface area contributed by atoms with Gasteiger partial charge in [-0.15, -0.1) is 0 Å². The molecule has 4 heterocycles. The number of carbonyl (C=O) groups excluding carboxylic acids is 2. The first-order valence-electron chi connectivity index (χ1n) is 18.6. The maximum absolute atomic E-state index is 14.4. The highest BCUT2D eigenvalue weighted by atomic mass is 19.1. The molecule has 2 amide bonds. The number of hydrogen-bond acceptors (Lipinski definition) is 7. The molecule has 4 aromatic rings. The Bertz CT molecular complexity index is 1770. The number of halogens is 1. The lowest BCUT2D eigenvalue weighted by molar-refractivity contribution is 0.0887. The molecule has 0 radical (unpaired) electrons. The Morgan fingerprint density at radius 1 is 0.863 bits per heavy atom. The third-order valence-electron chi connectivity index (χ3n) is 10.3. The molecule has 1 aliphatic carbocycles. The topological polar surface area (TPSA) is 113 Å². The standard InChI is InChI=1S/C40H48FN7O3/c41-31-25-36(38(49)44-32-14-16-33(17-15-32)45-39(50)37-26-34-8-1-2-22-48(34)46-37)40(43-27-31)51-35-9-3-7-30(24-35)29-12-10-28(11-13-29)6-4-20-47-21-5-18-42-19-23-47/h3,7,9-13,24-27,32-33,42H,1-2,4-6,8,14-23H2,(H,44,49)(H,45,50)/t32-,33-. The number of pyridine rings is 1. The third-order valence-corrected chi connectivity index (χ3v) is 10.3. The molecular formula is C40H48FN7O3. The minimum atomic E-state index is -0.614. The van der Waals surface area contributed by atoms with Gasteiger partial charge in [-0.2, -0.15) is 5.10 Å². The summed E-state index contributed by atoms with van der Waals surface area (Å²) in [6, 6.07) is 19.2. The Morgan fingerprint density at radius 2 is 1.67 bits per heavy atom. The monoisotopic (exact) mass is 693 g/mol. The van der Waals surface area contributed by atoms with Gasteiger partial charge >= 0.3 is 0 Å². The largest absolute Gasteiger partial charge is 0.438 e. The lowest BCUT2D eigenvalue weighted by Crippen LogP contribution is -2.44. The number of amides is 2. The van der Waals surface area contributed by atoms with Crippen LogP contribution in [0.3, 0.4) is 0 Å². The van der Waals surface area contributed by atoms with Crippen molar-refractivity contribution in [2.45, 2.75) is 82.8 Å². The summed E-state index contributed by atoms with van der Waals surface area (Å²) < 4.78 is 22.4. The third kappa shape index (κ3) is 9.20. The van der Waals surface area contributed by atoms with Gasteiger partial charge in [0.15, 0.2) is 0 Å². The minimum absolute atomic E-state index is 0.00893. The molecule has 10 nitrogen and oxygen atoms in total. The predicted octanol–water partition coefficient (Wildman–Crippen LogP) is 5.91. The fourth-order valence-corrected chi connectivity index (χ4v) is 7.45. The number of nitrogens with one attached hydrogen (secondary N) is 3. The van der Waals surface area contributed by atoms with Gasteiger partial charge in [-0.3, -0.25) is 14.3 Å². The van der Waals surface area contributed by atoms with E-state index in [2.05, 4.69) is 55.2 Å². The predicted molar refractivity (Wildman–Crippen MR) is 195 cm³/mol. The molecule has 1 saturated heterocycles. The Balaban J connectivity index is 0.919. The Morgan fingerprint density at radius 3 is 2.47 bits per heavy atom. The van der Waals surface area contributed by atoms with E-state index >= 15 is 0 Å². The SMILES string of the molecule is O=C(N[C@H]1CC[C@H](NC(=O)c2cc(F)cnc2Oc2cccc(-c3ccc(CCCN4CCCNCC4)cc3)c2)CC1)c1cc2n(n1)CCCC2. The van der Waals surface area contributed by atoms with Crippen LogP contribution in [-0.2, 0) is 19.4 Å². The van der Waals surface area contributed by atoms with Crippen molar-refractivity contribution in [3.63, 3.8) is 0 Å². The number of ether oxygens (including phenoxy) is 1. The van der Waals surface area contributed by atoms with E-state index in [1.165, 1.54) is 24.6 Å². The van der Waals surface area contributed by atoms with Crippen LogP contribution in [0.25, 0.3) is 11.1 Å². The molecule has 1 saturated carbocycles. The molecule has 51 heavy (non-hydrogen) atoms. The van der Waals surface area contributed by atoms with Crippen LogP contribution < -0.4 is 20.7 Å². The zero-order valence-corrected chi connectivity index (χ0v) is 29.2. The van der Waals surface area contributed by atoms with Gasteiger partial charge in [0.05, 0.1) is 6.20 Å². The lowest BCUT2D eigenvalue weighted by Gasteiger charge is -2.29. The van der Waals surface area contributed by atoms with Crippen molar-refractivity contribution in [3.8, 4) is 22.8 Å². The number of aryl methyl sites for hydroxylation is 3. The van der Waals surface area contributed by atoms with E-state index in [0.29, 0.717) is 24.3 Å². The van der Waals surface area contributed by atoms with Gasteiger partial charge in [-0.25, -0.2) is 9.37 Å². The average Bonchev–Trinajstić information content (AvgIpc) is 3.43. The van der Waals surface area contributed by atoms with Crippen LogP contribution in [0.4, 0.5) is 4.39 Å². The van der Waals surface area contributed by atoms with Crippen molar-refractivity contribution >= 4 is 11.8 Å². The summed E-state index contributed by atoms with van der Waals surface area (Å²) in [4.78, 5) is 33.0. The summed E-state index contributed by atoms with van der Waals surface area (Å²) in [6.45, 7) is 6.46. The summed E-state index contributed by atoms with van der Waals surface area (Å²) in [6.07, 6.45) is 10.4. The number of hydrogen-bond donors (Lipinski definition) is 3. The molecule has 7 rings (SSSR count). The van der Waals surface area contributed by atoms with Crippen molar-refractivity contribution in [2.75, 3.05) is 32.7 Å². The van der Waals surface area contributed by atoms with Gasteiger partial charge in [-0.05, 0) is 125 Å². The van der Waals surface area contributed by atoms with Gasteiger partial charge in [-0.1, -0.05) is 36.4 Å². The molecule has 3 N–H and O–H groups in total. The Labute approximate surface area is 299 Å². The van der Waals surface area contributed by atoms with Crippen molar-refractivity contribution in [2.24, 2.45) is 0 Å². The smallest absolute Gasteiger partial charge is 0.272 e. The highest BCUT2D eigenvalue weighted by Crippen LogP contribution is 2.29. The van der Waals surface area contributed by atoms with Crippen LogP contribution in [0, 0.1) is 5.82 Å². The second kappa shape index (κ2) is 16.6. The first-order chi connectivity index (χ1) is 25.0. The first kappa shape index (κ1) is 34.8. The summed E-state index contributed by atoms with van der Waals surface area (Å²) in [5.41, 5.74) is 4.98. The van der Waals surface area contributed by atoms with Gasteiger partial charge in [0, 0.05) is 37.4 Å². The second-order valence-electron chi connectivity index (χ2n) is 14.1. The van der Waals surface area contributed by atoms with Crippen molar-refractivity contribution in [1.82, 2.24) is 35.6 Å². The molecule has 0 spiro atoms. The number of nitrogens with zero attached hydrogens (tertiary/aromatic N) is 4. The maximum atomic E-state index is 14.4. The zero-order chi connectivity index (χ0) is 35.0. The van der Waals surface area contributed by atoms with Crippen LogP contribution >= 0.6 is 0 Å². The summed E-state index contributed by atoms with van der Waals surface area (Å²) in [5, 5.41) is 14.1. The van der Waals surface area contributed by atoms with Gasteiger partial charge in [0.2, 0.25) is 5.88 Å². The summed E-state index contributed by atoms with van der Waals surface area (Å²) in [5.74, 6) is -0.647. The quantitative estimate of drug-likeness (QED) is 0.179. The fourth-order valence-electron chi connectivity index (χ4n) is 7.45. The van der Waals surface area contributed by atoms with Crippen molar-refractivity contribution in [3.05, 3.63) is 95.2 Å². The van der Waals surface area contributed by atoms with Gasteiger partial charge < -0.3 is 25.6 Å². The van der Waals surface area contributed by atoms with E-state index in [1.807, 2.05) is 28.9 Å². The van der Waals surface area contributed by atoms with Gasteiger partial charge in [0.25, 0.3) is 11.8 Å². The molecular weight excluding hydrogens is 645 g/mol. The van der Waals surface area contributed by atoms with E-state index in [4.69, 9.17) is 4.74 Å². The van der Waals surface area contributed by atoms with E-state index in [0.717, 1.165) is 101 Å². The van der Waals surface area contributed by atoms with Gasteiger partial charge in [0.1, 0.15) is 22.8 Å². The lowest BCUT2D eigenvalue weighted by atomic mass is 9.91. The van der Waals surface area contributed by atoms with Crippen molar-refractivity contribution in [1.29, 1.82) is 0 Å². The van der Waals surface area contributed by atoms with E-state index in [1.54, 1.807) is 6.07 Å². The molecule has 268 valence electrons. The molecule has 0 atom stereocenters. The van der Waals surface area contributed by atoms with Crippen LogP contribution in [-0.4, -0.2) is 76.3 Å². The fraction of sp³-hybridized carbons (Fsp3) is 0.450. The van der Waals surface area contributed by atoms with Crippen LogP contribution in [0.1, 0.15) is 83.5 Å². The number of benzene rings is 2. The molecule has 0 bridgehead atoms. The molecule has 0 unspecified atom stereocenters. The van der Waals surface area contributed by atoms with E-state index in [-0.39, 0.29) is 29.4 Å². The molecule has 3 aliphatic rings. The Hall–Kier alpha value is -4.61. The minimum Gasteiger partial charge on any atom is -0.438 e. The number of fused-ring (bicyclic) bond motifs is 1. The molecule has 2 aliphatic heterocycles. The van der Waals surface area contributed by atoms with E-state index in [9.17, 15) is 14.0 Å². The Kier molecular flexibility index (Phi) is 11.3. The molecule has 2 aromatic heterocycles. The maximum Gasteiger partial charge on any atom is 0.272 e. The zero-order valence-electron chi connectivity index (χ0n) is 29.2. The average molecular weight is 694 g/mol. The highest BCUT2D eigenvalue weighted by Gasteiger charge is 2.27. The number of rotatable bonds is 11. The number of aromatic nitrogens is 3. The van der Waals surface area contributed by atoms with E-state index < -0.39 is 11.7 Å². The first-order valence-corrected chi connectivity index (χ1v) is 18.6. The second-order valence-corrected chi connectivity index (χ2v) is 14.1.